The number of nitrogens with one attached hydrogen (secondary N) is 1. The van der Waals surface area contributed by atoms with Gasteiger partial charge in [0.2, 0.25) is 0 Å². The highest BCUT2D eigenvalue weighted by molar-refractivity contribution is 9.10. The Labute approximate surface area is 120 Å². The third-order valence-electron chi connectivity index (χ3n) is 3.55. The fourth-order valence-corrected chi connectivity index (χ4v) is 2.85. The van der Waals surface area contributed by atoms with Crippen LogP contribution in [0.1, 0.15) is 32.4 Å². The van der Waals surface area contributed by atoms with Gasteiger partial charge in [-0.2, -0.15) is 0 Å². The van der Waals surface area contributed by atoms with E-state index in [1.54, 1.807) is 0 Å². The van der Waals surface area contributed by atoms with E-state index in [4.69, 9.17) is 5.11 Å². The molecule has 102 valence electrons. The Bertz CT molecular complexity index is 545. The number of aromatic amines is 1. The Balaban J connectivity index is 2.13. The van der Waals surface area contributed by atoms with Crippen molar-refractivity contribution in [1.29, 1.82) is 0 Å². The van der Waals surface area contributed by atoms with Gasteiger partial charge in [-0.25, -0.2) is 0 Å². The predicted octanol–water partition coefficient (Wildman–Crippen LogP) is 3.71. The van der Waals surface area contributed by atoms with Gasteiger partial charge in [0.05, 0.1) is 0 Å². The van der Waals surface area contributed by atoms with E-state index in [-0.39, 0.29) is 18.3 Å². The summed E-state index contributed by atoms with van der Waals surface area (Å²) in [6.45, 7) is 4.09. The molecule has 1 aromatic rings. The number of carbonyl (C=O) groups is 1. The number of rotatable bonds is 4. The lowest BCUT2D eigenvalue weighted by Gasteiger charge is -2.15. The van der Waals surface area contributed by atoms with Crippen LogP contribution in [-0.2, 0) is 4.79 Å². The summed E-state index contributed by atoms with van der Waals surface area (Å²) in [7, 11) is 0. The molecule has 1 aromatic heterocycles. The number of carboxylic acid groups (broad SMARTS) is 1. The number of carboxylic acids is 1. The first-order valence-corrected chi connectivity index (χ1v) is 7.09. The van der Waals surface area contributed by atoms with Crippen molar-refractivity contribution in [3.63, 3.8) is 0 Å². The molecule has 1 aliphatic heterocycles. The number of allylic oxidation sites excluding steroid dienone is 1. The normalized spacial score (nSPS) is 24.8. The van der Waals surface area contributed by atoms with Crippen molar-refractivity contribution in [1.82, 2.24) is 4.98 Å². The molecule has 0 aromatic carbocycles. The Morgan fingerprint density at radius 2 is 2.37 bits per heavy atom. The van der Waals surface area contributed by atoms with E-state index in [9.17, 15) is 4.79 Å². The average Bonchev–Trinajstić information content (AvgIpc) is 2.83. The van der Waals surface area contributed by atoms with E-state index in [0.29, 0.717) is 6.42 Å². The number of aliphatic imine (C=N–C) groups is 1. The van der Waals surface area contributed by atoms with Gasteiger partial charge in [-0.3, -0.25) is 9.79 Å². The lowest BCUT2D eigenvalue weighted by atomic mass is 9.87. The zero-order valence-electron chi connectivity index (χ0n) is 11.0. The van der Waals surface area contributed by atoms with E-state index in [0.717, 1.165) is 21.6 Å². The van der Waals surface area contributed by atoms with Crippen molar-refractivity contribution >= 4 is 33.7 Å². The molecule has 0 aliphatic carbocycles. The summed E-state index contributed by atoms with van der Waals surface area (Å²) in [5, 5.41) is 8.79. The van der Waals surface area contributed by atoms with Crippen molar-refractivity contribution in [3.05, 3.63) is 28.1 Å². The van der Waals surface area contributed by atoms with E-state index in [1.807, 2.05) is 25.3 Å². The van der Waals surface area contributed by atoms with Gasteiger partial charge in [0, 0.05) is 46.0 Å². The third kappa shape index (κ3) is 3.35. The SMILES string of the molecule is CC1=N/C(=C\c2cc(Br)c[nH]2)C(C)C1CCC(=O)O. The maximum absolute atomic E-state index is 10.7. The van der Waals surface area contributed by atoms with Crippen LogP contribution in [0.5, 0.6) is 0 Å². The first-order chi connectivity index (χ1) is 8.97. The molecule has 4 nitrogen and oxygen atoms in total. The number of aromatic nitrogens is 1. The Hall–Kier alpha value is -1.36. The van der Waals surface area contributed by atoms with Gasteiger partial charge in [-0.15, -0.1) is 0 Å². The second kappa shape index (κ2) is 5.74. The molecule has 2 rings (SSSR count). The lowest BCUT2D eigenvalue weighted by Crippen LogP contribution is -2.15. The van der Waals surface area contributed by atoms with Crippen LogP contribution >= 0.6 is 15.9 Å². The predicted molar refractivity (Wildman–Crippen MR) is 79.1 cm³/mol. The summed E-state index contributed by atoms with van der Waals surface area (Å²) < 4.78 is 1.01. The highest BCUT2D eigenvalue weighted by Crippen LogP contribution is 2.34. The van der Waals surface area contributed by atoms with Crippen molar-refractivity contribution in [2.75, 3.05) is 0 Å². The minimum atomic E-state index is -0.745. The van der Waals surface area contributed by atoms with Crippen LogP contribution < -0.4 is 0 Å². The third-order valence-corrected chi connectivity index (χ3v) is 4.01. The first kappa shape index (κ1) is 14.1. The van der Waals surface area contributed by atoms with Crippen molar-refractivity contribution in [2.24, 2.45) is 16.8 Å². The zero-order chi connectivity index (χ0) is 14.0. The Morgan fingerprint density at radius 1 is 1.63 bits per heavy atom. The number of H-pyrrole nitrogens is 1. The van der Waals surface area contributed by atoms with E-state index in [1.165, 1.54) is 0 Å². The summed E-state index contributed by atoms with van der Waals surface area (Å²) >= 11 is 3.40. The van der Waals surface area contributed by atoms with Gasteiger partial charge in [-0.1, -0.05) is 6.92 Å². The zero-order valence-corrected chi connectivity index (χ0v) is 12.6. The highest BCUT2D eigenvalue weighted by Gasteiger charge is 2.29. The number of aliphatic carboxylic acids is 1. The minimum absolute atomic E-state index is 0.198. The van der Waals surface area contributed by atoms with Gasteiger partial charge in [0.1, 0.15) is 0 Å². The number of hydrogen-bond acceptors (Lipinski definition) is 2. The second-order valence-corrected chi connectivity index (χ2v) is 5.84. The summed E-state index contributed by atoms with van der Waals surface area (Å²) in [5.41, 5.74) is 3.05. The van der Waals surface area contributed by atoms with Crippen LogP contribution in [0.4, 0.5) is 0 Å². The number of halogens is 1. The van der Waals surface area contributed by atoms with Crippen LogP contribution in [0.2, 0.25) is 0 Å². The summed E-state index contributed by atoms with van der Waals surface area (Å²) in [4.78, 5) is 18.4. The standard InChI is InChI=1S/C14H17BrN2O2/c1-8-12(3-4-14(18)19)9(2)17-13(8)6-11-5-10(15)7-16-11/h5-8,12,16H,3-4H2,1-2H3,(H,18,19)/b13-6-. The molecule has 19 heavy (non-hydrogen) atoms. The van der Waals surface area contributed by atoms with Crippen molar-refractivity contribution < 1.29 is 9.90 Å². The quantitative estimate of drug-likeness (QED) is 0.886. The molecular formula is C14H17BrN2O2. The average molecular weight is 325 g/mol. The monoisotopic (exact) mass is 324 g/mol. The number of hydrogen-bond donors (Lipinski definition) is 2. The first-order valence-electron chi connectivity index (χ1n) is 6.30. The number of nitrogens with zero attached hydrogens (tertiary/aromatic N) is 1. The summed E-state index contributed by atoms with van der Waals surface area (Å²) in [6.07, 6.45) is 4.75. The van der Waals surface area contributed by atoms with Gasteiger partial charge in [-0.05, 0) is 41.4 Å². The van der Waals surface area contributed by atoms with Gasteiger partial charge in [0.25, 0.3) is 0 Å². The fourth-order valence-electron chi connectivity index (χ4n) is 2.48. The maximum atomic E-state index is 10.7. The van der Waals surface area contributed by atoms with E-state index in [2.05, 4.69) is 32.8 Å². The molecule has 0 bridgehead atoms. The molecule has 2 N–H and O–H groups in total. The Morgan fingerprint density at radius 3 is 2.95 bits per heavy atom. The summed E-state index contributed by atoms with van der Waals surface area (Å²) in [5.74, 6) is -0.243. The van der Waals surface area contributed by atoms with Crippen LogP contribution in [0, 0.1) is 11.8 Å². The lowest BCUT2D eigenvalue weighted by molar-refractivity contribution is -0.137. The Kier molecular flexibility index (Phi) is 4.24. The van der Waals surface area contributed by atoms with Gasteiger partial charge < -0.3 is 10.1 Å². The summed E-state index contributed by atoms with van der Waals surface area (Å²) in [6, 6.07) is 2.00. The largest absolute Gasteiger partial charge is 0.481 e. The molecular weight excluding hydrogens is 308 g/mol. The van der Waals surface area contributed by atoms with Crippen LogP contribution in [0.3, 0.4) is 0 Å². The minimum Gasteiger partial charge on any atom is -0.481 e. The smallest absolute Gasteiger partial charge is 0.303 e. The van der Waals surface area contributed by atoms with Crippen LogP contribution in [0.25, 0.3) is 6.08 Å². The second-order valence-electron chi connectivity index (χ2n) is 4.92. The molecule has 2 heterocycles. The van der Waals surface area contributed by atoms with Crippen molar-refractivity contribution in [2.45, 2.75) is 26.7 Å². The molecule has 0 fully saturated rings. The van der Waals surface area contributed by atoms with Crippen LogP contribution in [-0.4, -0.2) is 21.8 Å². The highest BCUT2D eigenvalue weighted by atomic mass is 79.9. The molecule has 0 spiro atoms. The topological polar surface area (TPSA) is 65.5 Å². The molecule has 0 saturated carbocycles. The molecule has 1 aliphatic rings. The van der Waals surface area contributed by atoms with Crippen molar-refractivity contribution in [3.8, 4) is 0 Å². The van der Waals surface area contributed by atoms with Gasteiger partial charge >= 0.3 is 5.97 Å². The molecule has 2 unspecified atom stereocenters. The molecule has 0 saturated heterocycles. The molecule has 0 radical (unpaired) electrons. The molecule has 0 amide bonds. The van der Waals surface area contributed by atoms with E-state index >= 15 is 0 Å². The van der Waals surface area contributed by atoms with Crippen LogP contribution in [0.15, 0.2) is 27.4 Å². The molecule has 2 atom stereocenters. The van der Waals surface area contributed by atoms with E-state index < -0.39 is 5.97 Å². The fraction of sp³-hybridized carbons (Fsp3) is 0.429. The van der Waals surface area contributed by atoms with Gasteiger partial charge in [0.15, 0.2) is 0 Å². The molecule has 5 heteroatoms. The maximum Gasteiger partial charge on any atom is 0.303 e.